The van der Waals surface area contributed by atoms with E-state index in [4.69, 9.17) is 39.4 Å². The Morgan fingerprint density at radius 2 is 0.836 bits per heavy atom. The Kier molecular flexibility index (Phi) is 37.7. The second-order valence-electron chi connectivity index (χ2n) is 21.1. The molecule has 1 heterocycles. The molecular weight excluding hydrogens is 923 g/mol. The van der Waals surface area contributed by atoms with Crippen LogP contribution in [0.2, 0.25) is 0 Å². The topological polar surface area (TPSA) is 172 Å². The number of carbonyl (C=O) groups excluding carboxylic acids is 4. The van der Waals surface area contributed by atoms with E-state index in [1.54, 1.807) is 0 Å². The molecule has 13 heteroatoms. The van der Waals surface area contributed by atoms with Crippen molar-refractivity contribution in [2.45, 2.75) is 340 Å². The van der Waals surface area contributed by atoms with Crippen LogP contribution in [0.5, 0.6) is 0 Å². The molecular formula is C60H109N3O10. The quantitative estimate of drug-likeness (QED) is 0.0143. The molecule has 0 radical (unpaired) electrons. The predicted molar refractivity (Wildman–Crippen MR) is 293 cm³/mol. The molecule has 73 heavy (non-hydrogen) atoms. The first kappa shape index (κ1) is 59.4. The molecule has 0 bridgehead atoms. The van der Waals surface area contributed by atoms with Crippen molar-refractivity contribution in [2.24, 2.45) is 11.0 Å². The lowest BCUT2D eigenvalue weighted by atomic mass is 9.97. The Balaban J connectivity index is 2.48. The van der Waals surface area contributed by atoms with Gasteiger partial charge in [-0.05, 0) is 56.3 Å². The third kappa shape index (κ3) is 34.4. The van der Waals surface area contributed by atoms with Crippen LogP contribution in [0, 0.1) is 5.92 Å². The molecule has 0 amide bonds. The minimum atomic E-state index is -1.55. The fraction of sp³-hybridized carbons (Fsp3) is 0.933. The molecule has 0 aromatic carbocycles. The third-order valence-corrected chi connectivity index (χ3v) is 14.3. The van der Waals surface area contributed by atoms with Crippen LogP contribution in [-0.2, 0) is 47.6 Å². The van der Waals surface area contributed by atoms with Crippen molar-refractivity contribution < 1.29 is 53.1 Å². The van der Waals surface area contributed by atoms with Gasteiger partial charge in [-0.3, -0.25) is 19.2 Å². The van der Waals surface area contributed by atoms with Crippen molar-refractivity contribution in [3.05, 3.63) is 10.4 Å². The maximum atomic E-state index is 14.1. The third-order valence-electron chi connectivity index (χ3n) is 14.3. The molecule has 0 N–H and O–H groups in total. The highest BCUT2D eigenvalue weighted by Crippen LogP contribution is 2.34. The zero-order valence-electron chi connectivity index (χ0n) is 50.8. The molecule has 1 aliphatic heterocycles. The van der Waals surface area contributed by atoms with Gasteiger partial charge in [0, 0.05) is 42.1 Å². The van der Waals surface area contributed by atoms with Gasteiger partial charge in [-0.1, -0.05) is 238 Å². The van der Waals surface area contributed by atoms with Crippen molar-refractivity contribution in [1.82, 2.24) is 0 Å². The van der Waals surface area contributed by atoms with Crippen LogP contribution in [0.1, 0.15) is 309 Å². The van der Waals surface area contributed by atoms with Gasteiger partial charge >= 0.3 is 23.9 Å². The maximum absolute atomic E-state index is 14.1. The number of unbranched alkanes of at least 4 members (excludes halogenated alkanes) is 24. The van der Waals surface area contributed by atoms with E-state index in [9.17, 15) is 19.2 Å². The van der Waals surface area contributed by atoms with Crippen LogP contribution in [0.4, 0.5) is 0 Å². The molecule has 11 atom stereocenters. The Morgan fingerprint density at radius 1 is 0.479 bits per heavy atom. The Morgan fingerprint density at radius 3 is 1.23 bits per heavy atom. The highest BCUT2D eigenvalue weighted by molar-refractivity contribution is 5.72. The normalized spacial score (nSPS) is 23.2. The summed E-state index contributed by atoms with van der Waals surface area (Å²) in [6, 6.07) is -0.221. The number of carbonyl (C=O) groups is 4. The largest absolute Gasteiger partial charge is 0.463 e. The number of ether oxygens (including phenoxy) is 6. The lowest BCUT2D eigenvalue weighted by Crippen LogP contribution is -2.63. The molecule has 1 saturated carbocycles. The standard InChI is InChI=1S/C60H109N3O10/c1-5-9-13-17-21-25-29-33-37-41-53(64)68-49-52-57(71-54(65)42-38-34-30-26-22-18-14-10-6-2)58(72-55(66)43-39-35-31-27-23-19-15-11-7-3)59(60(70-52)69-48-50-45-46-51(47-50)62-63-61)73-56(67)44-40-36-32-28-24-20-16-12-8-4/h50-52,57-60H,5-49H2,1-4H3/t50?,51?,52-,57+,58+,59-,60?/m1/s1/i37D,38D,39D,40D/t37?,38?,39?,40?,50?,51?,52-,57+,58+,59-,60?. The molecule has 2 rings (SSSR count). The van der Waals surface area contributed by atoms with E-state index in [-0.39, 0.29) is 44.2 Å². The molecule has 0 aromatic rings. The maximum Gasteiger partial charge on any atom is 0.306 e. The summed E-state index contributed by atoms with van der Waals surface area (Å²) in [7, 11) is 0. The fourth-order valence-electron chi connectivity index (χ4n) is 9.85. The van der Waals surface area contributed by atoms with Gasteiger partial charge in [-0.2, -0.15) is 0 Å². The number of esters is 4. The van der Waals surface area contributed by atoms with Crippen molar-refractivity contribution in [1.29, 1.82) is 0 Å². The van der Waals surface area contributed by atoms with Gasteiger partial charge in [0.2, 0.25) is 0 Å². The van der Waals surface area contributed by atoms with Crippen molar-refractivity contribution in [2.75, 3.05) is 13.2 Å². The molecule has 0 spiro atoms. The van der Waals surface area contributed by atoms with Gasteiger partial charge in [0.15, 0.2) is 24.6 Å². The van der Waals surface area contributed by atoms with Crippen LogP contribution in [0.3, 0.4) is 0 Å². The van der Waals surface area contributed by atoms with Gasteiger partial charge in [0.05, 0.1) is 6.61 Å². The molecule has 1 saturated heterocycles. The number of azide groups is 1. The monoisotopic (exact) mass is 1040 g/mol. The van der Waals surface area contributed by atoms with E-state index >= 15 is 0 Å². The Bertz CT molecular complexity index is 1580. The summed E-state index contributed by atoms with van der Waals surface area (Å²) >= 11 is 0. The van der Waals surface area contributed by atoms with Crippen LogP contribution in [0.25, 0.3) is 10.4 Å². The van der Waals surface area contributed by atoms with Crippen molar-refractivity contribution in [3.8, 4) is 0 Å². The Labute approximate surface area is 450 Å². The van der Waals surface area contributed by atoms with E-state index < -0.39 is 86.8 Å². The van der Waals surface area contributed by atoms with Crippen LogP contribution in [0.15, 0.2) is 5.11 Å². The number of hydrogen-bond donors (Lipinski definition) is 0. The van der Waals surface area contributed by atoms with E-state index in [2.05, 4.69) is 37.7 Å². The highest BCUT2D eigenvalue weighted by atomic mass is 16.7. The highest BCUT2D eigenvalue weighted by Gasteiger charge is 2.53. The first-order chi connectivity index (χ1) is 37.3. The van der Waals surface area contributed by atoms with Gasteiger partial charge in [0.25, 0.3) is 0 Å². The van der Waals surface area contributed by atoms with Crippen LogP contribution in [-0.4, -0.2) is 73.8 Å². The number of hydrogen-bond acceptors (Lipinski definition) is 11. The molecule has 424 valence electrons. The molecule has 1 aliphatic carbocycles. The summed E-state index contributed by atoms with van der Waals surface area (Å²) in [4.78, 5) is 58.7. The van der Waals surface area contributed by atoms with E-state index in [0.717, 1.165) is 122 Å². The van der Waals surface area contributed by atoms with Crippen molar-refractivity contribution in [3.63, 3.8) is 0 Å². The van der Waals surface area contributed by atoms with E-state index in [1.807, 2.05) is 0 Å². The van der Waals surface area contributed by atoms with Gasteiger partial charge < -0.3 is 28.4 Å². The summed E-state index contributed by atoms with van der Waals surface area (Å²) in [5.74, 6) is -3.01. The van der Waals surface area contributed by atoms with Crippen LogP contribution < -0.4 is 0 Å². The molecule has 0 aromatic heterocycles. The Hall–Kier alpha value is -2.89. The SMILES string of the molecule is [2H]C(CCCCCCCCC)CC(=O)OC[C@H]1OC(OCC2CCC(N=[N+]=[N-])C2)[C@H](OC(=O)CC([2H])CCCCCCCCC)[C@@H](OC(=O)CC([2H])CCCCCCCCC)[C@H]1OC(=O)CC([2H])CCCCCCCCC. The second-order valence-corrected chi connectivity index (χ2v) is 21.1. The fourth-order valence-corrected chi connectivity index (χ4v) is 9.85. The zero-order valence-corrected chi connectivity index (χ0v) is 46.8. The van der Waals surface area contributed by atoms with Crippen LogP contribution >= 0.6 is 0 Å². The lowest BCUT2D eigenvalue weighted by molar-refractivity contribution is -0.310. The van der Waals surface area contributed by atoms with Crippen molar-refractivity contribution >= 4 is 23.9 Å². The predicted octanol–water partition coefficient (Wildman–Crippen LogP) is 17.2. The molecule has 2 fully saturated rings. The van der Waals surface area contributed by atoms with E-state index in [1.165, 1.54) is 57.8 Å². The first-order valence-corrected chi connectivity index (χ1v) is 30.1. The summed E-state index contributed by atoms with van der Waals surface area (Å²) in [6.45, 7) is 8.31. The average Bonchev–Trinajstić information content (AvgIpc) is 3.85. The average molecular weight is 1040 g/mol. The smallest absolute Gasteiger partial charge is 0.306 e. The van der Waals surface area contributed by atoms with Gasteiger partial charge in [-0.25, -0.2) is 0 Å². The first-order valence-electron chi connectivity index (χ1n) is 32.4. The van der Waals surface area contributed by atoms with Gasteiger partial charge in [-0.15, -0.1) is 0 Å². The summed E-state index contributed by atoms with van der Waals surface area (Å²) < 4.78 is 72.6. The number of nitrogens with zero attached hydrogens (tertiary/aromatic N) is 3. The molecule has 7 unspecified atom stereocenters. The molecule has 2 aliphatic rings. The van der Waals surface area contributed by atoms with E-state index in [0.29, 0.717) is 44.9 Å². The summed E-state index contributed by atoms with van der Waals surface area (Å²) in [5, 5.41) is 3.91. The minimum absolute atomic E-state index is 0.0655. The van der Waals surface area contributed by atoms with Gasteiger partial charge in [0.1, 0.15) is 12.7 Å². The zero-order chi connectivity index (χ0) is 56.3. The second kappa shape index (κ2) is 46.4. The minimum Gasteiger partial charge on any atom is -0.463 e. The summed E-state index contributed by atoms with van der Waals surface area (Å²) in [5.41, 5.74) is 9.14. The summed E-state index contributed by atoms with van der Waals surface area (Å²) in [6.07, 6.45) is 22.4. The number of rotatable bonds is 49. The lowest BCUT2D eigenvalue weighted by Gasteiger charge is -2.44. The molecule has 13 nitrogen and oxygen atoms in total.